The molecule has 4 heteroatoms. The Hall–Kier alpha value is -1.71. The summed E-state index contributed by atoms with van der Waals surface area (Å²) in [5.74, 6) is 2.75. The van der Waals surface area contributed by atoms with Crippen LogP contribution in [0.2, 0.25) is 5.15 Å². The average molecular weight is 207 g/mol. The molecule has 70 valence electrons. The van der Waals surface area contributed by atoms with Gasteiger partial charge in [-0.15, -0.1) is 12.3 Å². The Kier molecular flexibility index (Phi) is 3.79. The number of hydrogen-bond acceptors (Lipinski definition) is 3. The summed E-state index contributed by atoms with van der Waals surface area (Å²) in [6.07, 6.45) is 5.55. The Morgan fingerprint density at radius 2 is 2.36 bits per heavy atom. The summed E-state index contributed by atoms with van der Waals surface area (Å²) in [5, 5.41) is 8.87. The van der Waals surface area contributed by atoms with Crippen LogP contribution < -0.4 is 4.74 Å². The van der Waals surface area contributed by atoms with Crippen LogP contribution in [0.1, 0.15) is 12.0 Å². The molecule has 1 rings (SSSR count). The van der Waals surface area contributed by atoms with Gasteiger partial charge in [0.15, 0.2) is 0 Å². The minimum Gasteiger partial charge on any atom is -0.477 e. The molecule has 0 unspecified atom stereocenters. The van der Waals surface area contributed by atoms with Gasteiger partial charge in [-0.1, -0.05) is 11.6 Å². The Morgan fingerprint density at radius 3 is 3.00 bits per heavy atom. The van der Waals surface area contributed by atoms with Gasteiger partial charge in [-0.05, 0) is 6.07 Å². The number of pyridine rings is 1. The van der Waals surface area contributed by atoms with Crippen molar-refractivity contribution >= 4 is 11.6 Å². The van der Waals surface area contributed by atoms with Gasteiger partial charge < -0.3 is 4.74 Å². The number of rotatable bonds is 3. The zero-order valence-electron chi connectivity index (χ0n) is 7.33. The van der Waals surface area contributed by atoms with E-state index in [1.807, 2.05) is 6.07 Å². The molecule has 0 atom stereocenters. The lowest BCUT2D eigenvalue weighted by atomic mass is 10.3. The fourth-order valence-electron chi connectivity index (χ4n) is 0.826. The van der Waals surface area contributed by atoms with E-state index in [4.69, 9.17) is 28.0 Å². The first-order valence-electron chi connectivity index (χ1n) is 3.90. The molecule has 0 N–H and O–H groups in total. The highest BCUT2D eigenvalue weighted by Gasteiger charge is 2.01. The summed E-state index contributed by atoms with van der Waals surface area (Å²) in [6.45, 7) is 0.370. The summed E-state index contributed by atoms with van der Waals surface area (Å²) in [7, 11) is 0. The lowest BCUT2D eigenvalue weighted by Gasteiger charge is -2.03. The quantitative estimate of drug-likeness (QED) is 0.432. The number of halogens is 1. The van der Waals surface area contributed by atoms with Gasteiger partial charge >= 0.3 is 0 Å². The standard InChI is InChI=1S/C10H7ClN2O/c1-2-3-4-14-10-6-8(7-12)5-9(11)13-10/h1,5-6H,3-4H2. The second-order valence-corrected chi connectivity index (χ2v) is 2.82. The van der Waals surface area contributed by atoms with Gasteiger partial charge in [0.1, 0.15) is 11.8 Å². The molecule has 0 fully saturated rings. The van der Waals surface area contributed by atoms with Gasteiger partial charge in [0.05, 0.1) is 11.6 Å². The fourth-order valence-corrected chi connectivity index (χ4v) is 1.03. The summed E-state index contributed by atoms with van der Waals surface area (Å²) >= 11 is 5.66. The molecule has 0 radical (unpaired) electrons. The molecule has 0 aliphatic carbocycles. The molecule has 0 saturated carbocycles. The van der Waals surface area contributed by atoms with Crippen LogP contribution in [0, 0.1) is 23.7 Å². The summed E-state index contributed by atoms with van der Waals surface area (Å²) in [6, 6.07) is 4.94. The van der Waals surface area contributed by atoms with Crippen LogP contribution in [0.25, 0.3) is 0 Å². The van der Waals surface area contributed by atoms with Crippen LogP contribution in [-0.4, -0.2) is 11.6 Å². The van der Waals surface area contributed by atoms with Crippen LogP contribution >= 0.6 is 11.6 Å². The van der Waals surface area contributed by atoms with E-state index in [0.29, 0.717) is 24.5 Å². The lowest BCUT2D eigenvalue weighted by molar-refractivity contribution is 0.314. The molecule has 0 aromatic carbocycles. The maximum absolute atomic E-state index is 8.63. The van der Waals surface area contributed by atoms with Crippen molar-refractivity contribution in [2.45, 2.75) is 6.42 Å². The van der Waals surface area contributed by atoms with E-state index in [1.54, 1.807) is 0 Å². The van der Waals surface area contributed by atoms with Gasteiger partial charge in [0.25, 0.3) is 0 Å². The molecular weight excluding hydrogens is 200 g/mol. The molecule has 3 nitrogen and oxygen atoms in total. The minimum atomic E-state index is 0.236. The van der Waals surface area contributed by atoms with Crippen molar-refractivity contribution in [3.05, 3.63) is 22.8 Å². The molecule has 0 aliphatic rings. The third kappa shape index (κ3) is 2.97. The zero-order chi connectivity index (χ0) is 10.4. The average Bonchev–Trinajstić information content (AvgIpc) is 2.17. The molecular formula is C10H7ClN2O. The number of nitrogens with zero attached hydrogens (tertiary/aromatic N) is 2. The Morgan fingerprint density at radius 1 is 1.57 bits per heavy atom. The van der Waals surface area contributed by atoms with E-state index in [-0.39, 0.29) is 5.15 Å². The molecule has 1 aromatic heterocycles. The van der Waals surface area contributed by atoms with Crippen molar-refractivity contribution in [3.8, 4) is 24.3 Å². The molecule has 0 amide bonds. The van der Waals surface area contributed by atoms with Crippen LogP contribution in [-0.2, 0) is 0 Å². The predicted octanol–water partition coefficient (Wildman–Crippen LogP) is 2.01. The highest BCUT2D eigenvalue weighted by Crippen LogP contribution is 2.15. The minimum absolute atomic E-state index is 0.236. The third-order valence-corrected chi connectivity index (χ3v) is 1.59. The second kappa shape index (κ2) is 5.11. The van der Waals surface area contributed by atoms with Gasteiger partial charge in [0, 0.05) is 12.5 Å². The van der Waals surface area contributed by atoms with Crippen LogP contribution in [0.3, 0.4) is 0 Å². The largest absolute Gasteiger partial charge is 0.477 e. The molecule has 0 spiro atoms. The van der Waals surface area contributed by atoms with Crippen molar-refractivity contribution in [1.82, 2.24) is 4.98 Å². The first-order valence-corrected chi connectivity index (χ1v) is 4.28. The number of terminal acetylenes is 1. The van der Waals surface area contributed by atoms with Crippen molar-refractivity contribution in [2.24, 2.45) is 0 Å². The third-order valence-electron chi connectivity index (χ3n) is 1.40. The molecule has 0 bridgehead atoms. The normalized spacial score (nSPS) is 8.79. The van der Waals surface area contributed by atoms with Crippen LogP contribution in [0.15, 0.2) is 12.1 Å². The fraction of sp³-hybridized carbons (Fsp3) is 0.200. The maximum Gasteiger partial charge on any atom is 0.216 e. The number of nitriles is 1. The summed E-state index contributed by atoms with van der Waals surface area (Å²) < 4.78 is 5.18. The van der Waals surface area contributed by atoms with E-state index in [0.717, 1.165) is 0 Å². The highest BCUT2D eigenvalue weighted by molar-refractivity contribution is 6.29. The predicted molar refractivity (Wildman–Crippen MR) is 52.9 cm³/mol. The van der Waals surface area contributed by atoms with Crippen LogP contribution in [0.4, 0.5) is 0 Å². The summed E-state index contributed by atoms with van der Waals surface area (Å²) in [5.41, 5.74) is 0.417. The number of ether oxygens (including phenoxy) is 1. The van der Waals surface area contributed by atoms with Gasteiger partial charge in [-0.2, -0.15) is 5.26 Å². The van der Waals surface area contributed by atoms with E-state index in [9.17, 15) is 0 Å². The van der Waals surface area contributed by atoms with E-state index in [2.05, 4.69) is 10.9 Å². The number of hydrogen-bond donors (Lipinski definition) is 0. The van der Waals surface area contributed by atoms with Crippen LogP contribution in [0.5, 0.6) is 5.88 Å². The van der Waals surface area contributed by atoms with Crippen molar-refractivity contribution in [3.63, 3.8) is 0 Å². The van der Waals surface area contributed by atoms with Crippen molar-refractivity contribution in [2.75, 3.05) is 6.61 Å². The van der Waals surface area contributed by atoms with Crippen molar-refractivity contribution in [1.29, 1.82) is 5.26 Å². The van der Waals surface area contributed by atoms with Gasteiger partial charge in [-0.3, -0.25) is 0 Å². The van der Waals surface area contributed by atoms with E-state index >= 15 is 0 Å². The lowest BCUT2D eigenvalue weighted by Crippen LogP contribution is -1.98. The first kappa shape index (κ1) is 10.4. The zero-order valence-corrected chi connectivity index (χ0v) is 8.08. The topological polar surface area (TPSA) is 45.9 Å². The van der Waals surface area contributed by atoms with E-state index < -0.39 is 0 Å². The second-order valence-electron chi connectivity index (χ2n) is 2.43. The van der Waals surface area contributed by atoms with Gasteiger partial charge in [0.2, 0.25) is 5.88 Å². The molecule has 0 saturated heterocycles. The monoisotopic (exact) mass is 206 g/mol. The van der Waals surface area contributed by atoms with Gasteiger partial charge in [-0.25, -0.2) is 4.98 Å². The number of aromatic nitrogens is 1. The molecule has 1 heterocycles. The Balaban J connectivity index is 2.74. The first-order chi connectivity index (χ1) is 6.76. The molecule has 0 aliphatic heterocycles. The molecule has 1 aromatic rings. The summed E-state index contributed by atoms with van der Waals surface area (Å²) in [4.78, 5) is 3.88. The maximum atomic E-state index is 8.63. The smallest absolute Gasteiger partial charge is 0.216 e. The highest BCUT2D eigenvalue weighted by atomic mass is 35.5. The Labute approximate surface area is 87.3 Å². The van der Waals surface area contributed by atoms with E-state index in [1.165, 1.54) is 12.1 Å². The Bertz CT molecular complexity index is 404. The molecule has 14 heavy (non-hydrogen) atoms. The van der Waals surface area contributed by atoms with Crippen molar-refractivity contribution < 1.29 is 4.74 Å². The SMILES string of the molecule is C#CCCOc1cc(C#N)cc(Cl)n1.